The van der Waals surface area contributed by atoms with Crippen LogP contribution in [-0.4, -0.2) is 20.3 Å². The molecule has 0 aliphatic heterocycles. The molecule has 2 nitrogen and oxygen atoms in total. The molecule has 0 N–H and O–H groups in total. The summed E-state index contributed by atoms with van der Waals surface area (Å²) in [6.07, 6.45) is 5.91. The second kappa shape index (κ2) is 7.15. The van der Waals surface area contributed by atoms with E-state index in [1.807, 2.05) is 0 Å². The smallest absolute Gasteiger partial charge is 0.123 e. The molecular formula is C15H21BrO2. The van der Waals surface area contributed by atoms with Crippen molar-refractivity contribution in [3.05, 3.63) is 28.8 Å². The summed E-state index contributed by atoms with van der Waals surface area (Å²) < 4.78 is 11.0. The van der Waals surface area contributed by atoms with Crippen LogP contribution in [0.4, 0.5) is 0 Å². The van der Waals surface area contributed by atoms with Crippen molar-refractivity contribution < 1.29 is 9.47 Å². The highest BCUT2D eigenvalue weighted by atomic mass is 79.9. The van der Waals surface area contributed by atoms with Gasteiger partial charge in [0.1, 0.15) is 5.75 Å². The molecule has 2 rings (SSSR count). The van der Waals surface area contributed by atoms with Gasteiger partial charge in [-0.05, 0) is 48.4 Å². The Bertz CT molecular complexity index is 390. The molecule has 1 aliphatic carbocycles. The first-order chi connectivity index (χ1) is 8.85. The van der Waals surface area contributed by atoms with Crippen LogP contribution in [0, 0.1) is 0 Å². The first kappa shape index (κ1) is 13.9. The topological polar surface area (TPSA) is 18.5 Å². The van der Waals surface area contributed by atoms with Gasteiger partial charge >= 0.3 is 0 Å². The van der Waals surface area contributed by atoms with Crippen molar-refractivity contribution in [1.82, 2.24) is 0 Å². The molecule has 0 saturated heterocycles. The molecule has 1 aromatic carbocycles. The average molecular weight is 313 g/mol. The predicted molar refractivity (Wildman–Crippen MR) is 77.7 cm³/mol. The normalized spacial score (nSPS) is 14.3. The highest BCUT2D eigenvalue weighted by Gasteiger charge is 2.15. The second-order valence-electron chi connectivity index (χ2n) is 4.77. The summed E-state index contributed by atoms with van der Waals surface area (Å²) in [4.78, 5) is 0. The van der Waals surface area contributed by atoms with E-state index in [2.05, 4.69) is 28.1 Å². The standard InChI is InChI=1S/C15H21BrO2/c1-17-7-4-8-18-15-10-12(11-16)9-13-5-2-3-6-14(13)15/h9-10H,2-8,11H2,1H3. The minimum Gasteiger partial charge on any atom is -0.493 e. The number of ether oxygens (including phenoxy) is 2. The van der Waals surface area contributed by atoms with Crippen LogP contribution in [0.15, 0.2) is 12.1 Å². The van der Waals surface area contributed by atoms with Crippen LogP contribution in [0.5, 0.6) is 5.75 Å². The fraction of sp³-hybridized carbons (Fsp3) is 0.600. The monoisotopic (exact) mass is 312 g/mol. The van der Waals surface area contributed by atoms with E-state index in [1.54, 1.807) is 7.11 Å². The summed E-state index contributed by atoms with van der Waals surface area (Å²) >= 11 is 3.54. The van der Waals surface area contributed by atoms with E-state index < -0.39 is 0 Å². The van der Waals surface area contributed by atoms with E-state index in [4.69, 9.17) is 9.47 Å². The van der Waals surface area contributed by atoms with E-state index >= 15 is 0 Å². The van der Waals surface area contributed by atoms with Crippen LogP contribution in [0.25, 0.3) is 0 Å². The lowest BCUT2D eigenvalue weighted by molar-refractivity contribution is 0.171. The third-order valence-electron chi connectivity index (χ3n) is 3.39. The summed E-state index contributed by atoms with van der Waals surface area (Å²) in [7, 11) is 1.73. The highest BCUT2D eigenvalue weighted by Crippen LogP contribution is 2.32. The zero-order valence-electron chi connectivity index (χ0n) is 11.0. The zero-order chi connectivity index (χ0) is 12.8. The lowest BCUT2D eigenvalue weighted by Gasteiger charge is -2.21. The van der Waals surface area contributed by atoms with Gasteiger partial charge in [-0.2, -0.15) is 0 Å². The summed E-state index contributed by atoms with van der Waals surface area (Å²) in [5.41, 5.74) is 4.24. The minimum absolute atomic E-state index is 0.742. The quantitative estimate of drug-likeness (QED) is 0.586. The van der Waals surface area contributed by atoms with Crippen LogP contribution in [0.1, 0.15) is 36.0 Å². The lowest BCUT2D eigenvalue weighted by Crippen LogP contribution is -2.09. The minimum atomic E-state index is 0.742. The predicted octanol–water partition coefficient (Wildman–Crippen LogP) is 3.88. The maximum atomic E-state index is 5.95. The first-order valence-corrected chi connectivity index (χ1v) is 7.79. The van der Waals surface area contributed by atoms with Crippen molar-refractivity contribution in [2.24, 2.45) is 0 Å². The SMILES string of the molecule is COCCCOc1cc(CBr)cc2c1CCCC2. The Balaban J connectivity index is 2.11. The van der Waals surface area contributed by atoms with Crippen molar-refractivity contribution in [2.75, 3.05) is 20.3 Å². The molecule has 0 spiro atoms. The fourth-order valence-corrected chi connectivity index (χ4v) is 2.81. The largest absolute Gasteiger partial charge is 0.493 e. The summed E-state index contributed by atoms with van der Waals surface area (Å²) in [6, 6.07) is 4.51. The van der Waals surface area contributed by atoms with Gasteiger partial charge in [-0.25, -0.2) is 0 Å². The van der Waals surface area contributed by atoms with Gasteiger partial charge in [0.05, 0.1) is 6.61 Å². The van der Waals surface area contributed by atoms with Gasteiger partial charge < -0.3 is 9.47 Å². The number of hydrogen-bond donors (Lipinski definition) is 0. The second-order valence-corrected chi connectivity index (χ2v) is 5.33. The molecule has 0 fully saturated rings. The molecule has 18 heavy (non-hydrogen) atoms. The Morgan fingerprint density at radius 1 is 1.17 bits per heavy atom. The fourth-order valence-electron chi connectivity index (χ4n) is 2.48. The van der Waals surface area contributed by atoms with Crippen LogP contribution < -0.4 is 4.74 Å². The molecule has 0 bridgehead atoms. The molecule has 1 aromatic rings. The molecule has 0 heterocycles. The molecule has 1 aliphatic rings. The van der Waals surface area contributed by atoms with Crippen molar-refractivity contribution >= 4 is 15.9 Å². The maximum Gasteiger partial charge on any atom is 0.123 e. The van der Waals surface area contributed by atoms with Crippen molar-refractivity contribution in [2.45, 2.75) is 37.4 Å². The summed E-state index contributed by atoms with van der Waals surface area (Å²) in [5.74, 6) is 1.10. The van der Waals surface area contributed by atoms with E-state index in [1.165, 1.54) is 36.0 Å². The highest BCUT2D eigenvalue weighted by molar-refractivity contribution is 9.08. The van der Waals surface area contributed by atoms with Crippen molar-refractivity contribution in [1.29, 1.82) is 0 Å². The van der Waals surface area contributed by atoms with Gasteiger partial charge in [0.15, 0.2) is 0 Å². The Labute approximate surface area is 118 Å². The zero-order valence-corrected chi connectivity index (χ0v) is 12.6. The maximum absolute atomic E-state index is 5.95. The van der Waals surface area contributed by atoms with Crippen LogP contribution >= 0.6 is 15.9 Å². The van der Waals surface area contributed by atoms with Crippen LogP contribution in [-0.2, 0) is 22.9 Å². The molecule has 0 radical (unpaired) electrons. The Morgan fingerprint density at radius 3 is 2.78 bits per heavy atom. The molecule has 100 valence electrons. The molecular weight excluding hydrogens is 292 g/mol. The summed E-state index contributed by atoms with van der Waals surface area (Å²) in [5, 5.41) is 0.898. The van der Waals surface area contributed by atoms with Gasteiger partial charge in [-0.1, -0.05) is 22.0 Å². The van der Waals surface area contributed by atoms with E-state index in [-0.39, 0.29) is 0 Å². The number of benzene rings is 1. The third-order valence-corrected chi connectivity index (χ3v) is 4.04. The van der Waals surface area contributed by atoms with E-state index in [0.717, 1.165) is 37.1 Å². The third kappa shape index (κ3) is 3.48. The number of alkyl halides is 1. The summed E-state index contributed by atoms with van der Waals surface area (Å²) in [6.45, 7) is 1.51. The van der Waals surface area contributed by atoms with Gasteiger partial charge in [-0.15, -0.1) is 0 Å². The molecule has 0 atom stereocenters. The number of methoxy groups -OCH3 is 1. The van der Waals surface area contributed by atoms with Gasteiger partial charge in [0.25, 0.3) is 0 Å². The first-order valence-electron chi connectivity index (χ1n) is 6.67. The van der Waals surface area contributed by atoms with Crippen molar-refractivity contribution in [3.63, 3.8) is 0 Å². The van der Waals surface area contributed by atoms with Crippen LogP contribution in [0.3, 0.4) is 0 Å². The lowest BCUT2D eigenvalue weighted by atomic mass is 9.90. The number of hydrogen-bond acceptors (Lipinski definition) is 2. The van der Waals surface area contributed by atoms with Gasteiger partial charge in [0, 0.05) is 25.5 Å². The number of rotatable bonds is 6. The van der Waals surface area contributed by atoms with Gasteiger partial charge in [-0.3, -0.25) is 0 Å². The number of halogens is 1. The Hall–Kier alpha value is -0.540. The Morgan fingerprint density at radius 2 is 2.00 bits per heavy atom. The number of fused-ring (bicyclic) bond motifs is 1. The number of aryl methyl sites for hydroxylation is 1. The molecule has 3 heteroatoms. The Kier molecular flexibility index (Phi) is 5.51. The van der Waals surface area contributed by atoms with Crippen molar-refractivity contribution in [3.8, 4) is 5.75 Å². The van der Waals surface area contributed by atoms with E-state index in [9.17, 15) is 0 Å². The average Bonchev–Trinajstić information content (AvgIpc) is 2.43. The molecule has 0 saturated carbocycles. The van der Waals surface area contributed by atoms with Crippen LogP contribution in [0.2, 0.25) is 0 Å². The van der Waals surface area contributed by atoms with Gasteiger partial charge in [0.2, 0.25) is 0 Å². The van der Waals surface area contributed by atoms with E-state index in [0.29, 0.717) is 0 Å². The molecule has 0 aromatic heterocycles. The molecule has 0 unspecified atom stereocenters. The molecule has 0 amide bonds.